The van der Waals surface area contributed by atoms with E-state index in [-0.39, 0.29) is 5.78 Å². The molecule has 1 unspecified atom stereocenters. The maximum absolute atomic E-state index is 12.7. The van der Waals surface area contributed by atoms with Crippen LogP contribution in [0.2, 0.25) is 0 Å². The highest BCUT2D eigenvalue weighted by Gasteiger charge is 2.20. The van der Waals surface area contributed by atoms with Gasteiger partial charge in [0.15, 0.2) is 5.78 Å². The predicted octanol–water partition coefficient (Wildman–Crippen LogP) is 3.43. The second-order valence-electron chi connectivity index (χ2n) is 7.55. The van der Waals surface area contributed by atoms with Gasteiger partial charge < -0.3 is 19.6 Å². The van der Waals surface area contributed by atoms with E-state index in [0.29, 0.717) is 11.1 Å². The zero-order valence-corrected chi connectivity index (χ0v) is 16.2. The average molecular weight is 380 g/mol. The molecule has 5 heteroatoms. The topological polar surface area (TPSA) is 53.0 Å². The quantitative estimate of drug-likeness (QED) is 0.806. The minimum absolute atomic E-state index is 0.260. The van der Waals surface area contributed by atoms with Crippen molar-refractivity contribution in [2.24, 2.45) is 0 Å². The first-order valence-electron chi connectivity index (χ1n) is 10.2. The van der Waals surface area contributed by atoms with E-state index in [1.165, 1.54) is 19.3 Å². The number of carbonyl (C=O) groups excluding carboxylic acids is 1. The molecular formula is C23H28N2O3. The summed E-state index contributed by atoms with van der Waals surface area (Å²) in [7, 11) is 0. The summed E-state index contributed by atoms with van der Waals surface area (Å²) in [6.07, 6.45) is 2.60. The van der Waals surface area contributed by atoms with E-state index in [1.807, 2.05) is 48.5 Å². The second kappa shape index (κ2) is 8.76. The number of rotatable bonds is 5. The Bertz CT molecular complexity index is 776. The number of aliphatic hydroxyl groups excluding tert-OH is 1. The van der Waals surface area contributed by atoms with Crippen molar-refractivity contribution in [2.45, 2.75) is 25.4 Å². The smallest absolute Gasteiger partial charge is 0.195 e. The summed E-state index contributed by atoms with van der Waals surface area (Å²) in [5.41, 5.74) is 3.42. The number of morpholine rings is 1. The first kappa shape index (κ1) is 19.0. The minimum atomic E-state index is -1.14. The molecule has 148 valence electrons. The lowest BCUT2D eigenvalue weighted by molar-refractivity contribution is 0.0747. The number of nitrogens with zero attached hydrogens (tertiary/aromatic N) is 2. The van der Waals surface area contributed by atoms with Crippen LogP contribution in [0.4, 0.5) is 11.4 Å². The molecule has 4 rings (SSSR count). The Morgan fingerprint density at radius 1 is 0.786 bits per heavy atom. The Labute approximate surface area is 166 Å². The minimum Gasteiger partial charge on any atom is -0.380 e. The Morgan fingerprint density at radius 3 is 1.93 bits per heavy atom. The Kier molecular flexibility index (Phi) is 5.93. The fourth-order valence-electron chi connectivity index (χ4n) is 3.99. The van der Waals surface area contributed by atoms with Gasteiger partial charge in [0, 0.05) is 43.1 Å². The number of carbonyl (C=O) groups is 1. The molecule has 0 saturated carbocycles. The third-order valence-electron chi connectivity index (χ3n) is 5.71. The van der Waals surface area contributed by atoms with E-state index in [2.05, 4.69) is 9.80 Å². The lowest BCUT2D eigenvalue weighted by atomic mass is 9.99. The van der Waals surface area contributed by atoms with E-state index in [4.69, 9.17) is 4.74 Å². The summed E-state index contributed by atoms with van der Waals surface area (Å²) in [5, 5.41) is 10.6. The number of Topliss-reactive ketones (excluding diaryl/α,β-unsaturated/α-hetero) is 1. The molecule has 0 amide bonds. The molecule has 2 aliphatic rings. The lowest BCUT2D eigenvalue weighted by Crippen LogP contribution is -2.36. The summed E-state index contributed by atoms with van der Waals surface area (Å²) < 4.78 is 5.38. The molecule has 0 aliphatic carbocycles. The highest BCUT2D eigenvalue weighted by Crippen LogP contribution is 2.25. The largest absolute Gasteiger partial charge is 0.380 e. The molecule has 0 spiro atoms. The Morgan fingerprint density at radius 2 is 1.32 bits per heavy atom. The second-order valence-corrected chi connectivity index (χ2v) is 7.55. The molecule has 2 aromatic rings. The molecule has 5 nitrogen and oxygen atoms in total. The number of hydrogen-bond acceptors (Lipinski definition) is 5. The number of ether oxygens (including phenoxy) is 1. The average Bonchev–Trinajstić information content (AvgIpc) is 2.79. The number of piperidine rings is 1. The van der Waals surface area contributed by atoms with Gasteiger partial charge in [0.1, 0.15) is 6.10 Å². The Hall–Kier alpha value is -2.37. The van der Waals surface area contributed by atoms with Gasteiger partial charge in [-0.15, -0.1) is 0 Å². The Balaban J connectivity index is 1.42. The summed E-state index contributed by atoms with van der Waals surface area (Å²) >= 11 is 0. The fraction of sp³-hybridized carbons (Fsp3) is 0.435. The van der Waals surface area contributed by atoms with Crippen molar-refractivity contribution >= 4 is 17.2 Å². The highest BCUT2D eigenvalue weighted by atomic mass is 16.5. The van der Waals surface area contributed by atoms with Gasteiger partial charge in [-0.3, -0.25) is 4.79 Å². The van der Waals surface area contributed by atoms with E-state index < -0.39 is 6.10 Å². The molecule has 28 heavy (non-hydrogen) atoms. The van der Waals surface area contributed by atoms with E-state index in [9.17, 15) is 9.90 Å². The monoisotopic (exact) mass is 380 g/mol. The van der Waals surface area contributed by atoms with Crippen LogP contribution in [0.3, 0.4) is 0 Å². The van der Waals surface area contributed by atoms with Crippen LogP contribution in [0.25, 0.3) is 0 Å². The van der Waals surface area contributed by atoms with Crippen LogP contribution in [0.5, 0.6) is 0 Å². The molecule has 1 atom stereocenters. The van der Waals surface area contributed by atoms with Gasteiger partial charge in [0.05, 0.1) is 13.2 Å². The molecule has 2 fully saturated rings. The predicted molar refractivity (Wildman–Crippen MR) is 111 cm³/mol. The molecule has 0 radical (unpaired) electrons. The fourth-order valence-corrected chi connectivity index (χ4v) is 3.99. The molecule has 0 bridgehead atoms. The van der Waals surface area contributed by atoms with Crippen LogP contribution in [0.15, 0.2) is 48.5 Å². The third kappa shape index (κ3) is 4.21. The van der Waals surface area contributed by atoms with Crippen molar-refractivity contribution in [1.82, 2.24) is 0 Å². The van der Waals surface area contributed by atoms with Crippen LogP contribution in [0.1, 0.15) is 41.3 Å². The van der Waals surface area contributed by atoms with Crippen LogP contribution in [-0.4, -0.2) is 50.3 Å². The number of aliphatic hydroxyl groups is 1. The first-order valence-corrected chi connectivity index (χ1v) is 10.2. The molecule has 2 aliphatic heterocycles. The van der Waals surface area contributed by atoms with Crippen molar-refractivity contribution in [3.05, 3.63) is 59.7 Å². The van der Waals surface area contributed by atoms with E-state index in [1.54, 1.807) is 0 Å². The molecule has 2 aromatic carbocycles. The lowest BCUT2D eigenvalue weighted by Gasteiger charge is -2.29. The SMILES string of the molecule is O=C(c1ccc(N2CCCCC2)cc1)C(O)c1ccc(N2CCOCC2)cc1. The van der Waals surface area contributed by atoms with Gasteiger partial charge in [-0.1, -0.05) is 12.1 Å². The summed E-state index contributed by atoms with van der Waals surface area (Å²) in [6.45, 7) is 5.35. The van der Waals surface area contributed by atoms with Gasteiger partial charge in [-0.2, -0.15) is 0 Å². The number of ketones is 1. The van der Waals surface area contributed by atoms with Gasteiger partial charge >= 0.3 is 0 Å². The van der Waals surface area contributed by atoms with Crippen molar-refractivity contribution in [3.63, 3.8) is 0 Å². The van der Waals surface area contributed by atoms with Crippen molar-refractivity contribution in [1.29, 1.82) is 0 Å². The zero-order valence-electron chi connectivity index (χ0n) is 16.2. The first-order chi connectivity index (χ1) is 13.7. The summed E-state index contributed by atoms with van der Waals surface area (Å²) in [5.74, 6) is -0.260. The van der Waals surface area contributed by atoms with E-state index in [0.717, 1.165) is 50.8 Å². The van der Waals surface area contributed by atoms with Crippen molar-refractivity contribution in [2.75, 3.05) is 49.2 Å². The highest BCUT2D eigenvalue weighted by molar-refractivity contribution is 6.00. The summed E-state index contributed by atoms with van der Waals surface area (Å²) in [6, 6.07) is 15.3. The number of hydrogen-bond donors (Lipinski definition) is 1. The maximum atomic E-state index is 12.7. The zero-order chi connectivity index (χ0) is 19.3. The molecule has 2 heterocycles. The molecule has 1 N–H and O–H groups in total. The van der Waals surface area contributed by atoms with E-state index >= 15 is 0 Å². The molecular weight excluding hydrogens is 352 g/mol. The van der Waals surface area contributed by atoms with Crippen LogP contribution in [0, 0.1) is 0 Å². The van der Waals surface area contributed by atoms with Crippen LogP contribution in [-0.2, 0) is 4.74 Å². The van der Waals surface area contributed by atoms with Crippen LogP contribution >= 0.6 is 0 Å². The molecule has 0 aromatic heterocycles. The van der Waals surface area contributed by atoms with Gasteiger partial charge in [0.25, 0.3) is 0 Å². The maximum Gasteiger partial charge on any atom is 0.195 e. The van der Waals surface area contributed by atoms with Crippen LogP contribution < -0.4 is 9.80 Å². The van der Waals surface area contributed by atoms with Gasteiger partial charge in [-0.25, -0.2) is 0 Å². The van der Waals surface area contributed by atoms with Crippen molar-refractivity contribution < 1.29 is 14.6 Å². The van der Waals surface area contributed by atoms with Gasteiger partial charge in [-0.05, 0) is 61.2 Å². The standard InChI is InChI=1S/C23H28N2O3/c26-22(18-4-8-20(9-5-18)24-12-2-1-3-13-24)23(27)19-6-10-21(11-7-19)25-14-16-28-17-15-25/h4-11,23,27H,1-3,12-17H2. The molecule has 2 saturated heterocycles. The summed E-state index contributed by atoms with van der Waals surface area (Å²) in [4.78, 5) is 17.3. The third-order valence-corrected chi connectivity index (χ3v) is 5.71. The normalized spacial score (nSPS) is 18.8. The van der Waals surface area contributed by atoms with Crippen molar-refractivity contribution in [3.8, 4) is 0 Å². The van der Waals surface area contributed by atoms with Gasteiger partial charge in [0.2, 0.25) is 0 Å². The number of anilines is 2. The number of benzene rings is 2.